The minimum absolute atomic E-state index is 0.438. The number of benzene rings is 2. The summed E-state index contributed by atoms with van der Waals surface area (Å²) in [6.07, 6.45) is 0.229. The molecular weight excluding hydrogens is 310 g/mol. The lowest BCUT2D eigenvalue weighted by Gasteiger charge is -2.10. The van der Waals surface area contributed by atoms with Crippen molar-refractivity contribution in [2.75, 3.05) is 14.1 Å². The Kier molecular flexibility index (Phi) is 5.90. The molecule has 2 aromatic rings. The molecule has 0 saturated heterocycles. The van der Waals surface area contributed by atoms with Crippen LogP contribution in [0.5, 0.6) is 5.75 Å². The van der Waals surface area contributed by atoms with Crippen LogP contribution >= 0.6 is 0 Å². The van der Waals surface area contributed by atoms with Gasteiger partial charge in [-0.15, -0.1) is 0 Å². The van der Waals surface area contributed by atoms with E-state index in [0.717, 1.165) is 16.7 Å². The Labute approximate surface area is 139 Å². The first kappa shape index (κ1) is 17.0. The first-order valence-corrected chi connectivity index (χ1v) is 7.15. The number of hydrogen-bond acceptors (Lipinski definition) is 5. The van der Waals surface area contributed by atoms with Gasteiger partial charge in [-0.1, -0.05) is 41.6 Å². The number of rotatable bonds is 4. The summed E-state index contributed by atoms with van der Waals surface area (Å²) in [7, 11) is 2.94. The molecule has 7 heteroatoms. The van der Waals surface area contributed by atoms with Crippen LogP contribution in [0.1, 0.15) is 5.56 Å². The molecule has 0 radical (unpaired) electrons. The first-order chi connectivity index (χ1) is 11.6. The van der Waals surface area contributed by atoms with Crippen molar-refractivity contribution >= 4 is 18.4 Å². The zero-order valence-electron chi connectivity index (χ0n) is 13.3. The van der Waals surface area contributed by atoms with Gasteiger partial charge in [0.15, 0.2) is 0 Å². The van der Waals surface area contributed by atoms with Gasteiger partial charge in [-0.3, -0.25) is 4.84 Å². The normalized spacial score (nSPS) is 10.2. The molecule has 2 amide bonds. The fourth-order valence-corrected chi connectivity index (χ4v) is 1.91. The second kappa shape index (κ2) is 8.33. The summed E-state index contributed by atoms with van der Waals surface area (Å²) in [5, 5.41) is 8.30. The number of carbonyl (C=O) groups is 2. The Bertz CT molecular complexity index is 759. The van der Waals surface area contributed by atoms with Crippen molar-refractivity contribution in [3.63, 3.8) is 0 Å². The van der Waals surface area contributed by atoms with Crippen molar-refractivity contribution in [3.05, 3.63) is 54.1 Å². The highest BCUT2D eigenvalue weighted by atomic mass is 16.7. The summed E-state index contributed by atoms with van der Waals surface area (Å²) in [5.41, 5.74) is 2.31. The molecular formula is C17H17N3O4. The SMILES string of the molecule is CNC(=O)O/N=C/c1cccc(-c2ccccc2OC(=O)NC)c1. The van der Waals surface area contributed by atoms with Crippen LogP contribution in [0.2, 0.25) is 0 Å². The van der Waals surface area contributed by atoms with Crippen molar-refractivity contribution in [2.24, 2.45) is 5.16 Å². The highest BCUT2D eigenvalue weighted by molar-refractivity contribution is 5.84. The van der Waals surface area contributed by atoms with Crippen LogP contribution in [0.25, 0.3) is 11.1 Å². The van der Waals surface area contributed by atoms with E-state index < -0.39 is 12.2 Å². The Morgan fingerprint density at radius 3 is 2.50 bits per heavy atom. The molecule has 0 spiro atoms. The molecule has 0 aromatic heterocycles. The minimum Gasteiger partial charge on any atom is -0.410 e. The molecule has 0 saturated carbocycles. The quantitative estimate of drug-likeness (QED) is 0.513. The van der Waals surface area contributed by atoms with Crippen LogP contribution in [0.3, 0.4) is 0 Å². The van der Waals surface area contributed by atoms with Crippen LogP contribution in [0.15, 0.2) is 53.7 Å². The number of nitrogens with zero attached hydrogens (tertiary/aromatic N) is 1. The topological polar surface area (TPSA) is 89.0 Å². The summed E-state index contributed by atoms with van der Waals surface area (Å²) in [6.45, 7) is 0. The fourth-order valence-electron chi connectivity index (χ4n) is 1.91. The molecule has 124 valence electrons. The standard InChI is InChI=1S/C17H17N3O4/c1-18-16(21)23-15-9-4-3-8-14(15)13-7-5-6-12(10-13)11-20-24-17(22)19-2/h3-11H,1-2H3,(H,18,21)(H,19,22)/b20-11+. The molecule has 0 fully saturated rings. The van der Waals surface area contributed by atoms with E-state index in [0.29, 0.717) is 5.75 Å². The number of hydrogen-bond donors (Lipinski definition) is 2. The Hall–Kier alpha value is -3.35. The predicted octanol–water partition coefficient (Wildman–Crippen LogP) is 2.76. The summed E-state index contributed by atoms with van der Waals surface area (Å²) < 4.78 is 5.25. The van der Waals surface area contributed by atoms with E-state index in [1.165, 1.54) is 20.3 Å². The Morgan fingerprint density at radius 1 is 1.00 bits per heavy atom. The minimum atomic E-state index is -0.647. The van der Waals surface area contributed by atoms with Gasteiger partial charge in [-0.2, -0.15) is 0 Å². The van der Waals surface area contributed by atoms with Crippen LogP contribution in [-0.4, -0.2) is 32.5 Å². The number of oxime groups is 1. The summed E-state index contributed by atoms with van der Waals surface area (Å²) in [6, 6.07) is 14.5. The molecule has 2 aromatic carbocycles. The maximum absolute atomic E-state index is 11.5. The summed E-state index contributed by atoms with van der Waals surface area (Å²) in [4.78, 5) is 27.0. The maximum atomic E-state index is 11.5. The third-order valence-corrected chi connectivity index (χ3v) is 3.03. The molecule has 0 aliphatic rings. The first-order valence-electron chi connectivity index (χ1n) is 7.15. The highest BCUT2D eigenvalue weighted by Gasteiger charge is 2.09. The van der Waals surface area contributed by atoms with E-state index in [9.17, 15) is 9.59 Å². The predicted molar refractivity (Wildman–Crippen MR) is 90.1 cm³/mol. The zero-order chi connectivity index (χ0) is 17.4. The van der Waals surface area contributed by atoms with Gasteiger partial charge in [0.25, 0.3) is 0 Å². The van der Waals surface area contributed by atoms with E-state index in [2.05, 4.69) is 20.6 Å². The number of carbonyl (C=O) groups excluding carboxylic acids is 2. The van der Waals surface area contributed by atoms with E-state index >= 15 is 0 Å². The van der Waals surface area contributed by atoms with Gasteiger partial charge in [0.05, 0.1) is 6.21 Å². The fraction of sp³-hybridized carbons (Fsp3) is 0.118. The second-order valence-electron chi connectivity index (χ2n) is 4.62. The number of nitrogens with one attached hydrogen (secondary N) is 2. The number of ether oxygens (including phenoxy) is 1. The molecule has 2 N–H and O–H groups in total. The molecule has 0 unspecified atom stereocenters. The van der Waals surface area contributed by atoms with Gasteiger partial charge in [0, 0.05) is 19.7 Å². The van der Waals surface area contributed by atoms with Crippen molar-refractivity contribution in [2.45, 2.75) is 0 Å². The lowest BCUT2D eigenvalue weighted by atomic mass is 10.0. The van der Waals surface area contributed by atoms with Crippen LogP contribution < -0.4 is 15.4 Å². The van der Waals surface area contributed by atoms with Crippen LogP contribution in [0, 0.1) is 0 Å². The number of para-hydroxylation sites is 1. The molecule has 24 heavy (non-hydrogen) atoms. The van der Waals surface area contributed by atoms with Gasteiger partial charge in [0.2, 0.25) is 0 Å². The van der Waals surface area contributed by atoms with Gasteiger partial charge in [0.1, 0.15) is 5.75 Å². The van der Waals surface area contributed by atoms with Crippen molar-refractivity contribution in [1.82, 2.24) is 10.6 Å². The van der Waals surface area contributed by atoms with E-state index in [4.69, 9.17) is 4.74 Å². The molecule has 0 aliphatic carbocycles. The molecule has 2 rings (SSSR count). The van der Waals surface area contributed by atoms with Gasteiger partial charge >= 0.3 is 12.2 Å². The number of amides is 2. The average molecular weight is 327 g/mol. The van der Waals surface area contributed by atoms with E-state index in [-0.39, 0.29) is 0 Å². The second-order valence-corrected chi connectivity index (χ2v) is 4.62. The van der Waals surface area contributed by atoms with Crippen molar-refractivity contribution < 1.29 is 19.2 Å². The third kappa shape index (κ3) is 4.57. The van der Waals surface area contributed by atoms with Crippen LogP contribution in [0.4, 0.5) is 9.59 Å². The van der Waals surface area contributed by atoms with Gasteiger partial charge in [-0.05, 0) is 23.3 Å². The Balaban J connectivity index is 2.25. The Morgan fingerprint density at radius 2 is 1.75 bits per heavy atom. The highest BCUT2D eigenvalue weighted by Crippen LogP contribution is 2.30. The maximum Gasteiger partial charge on any atom is 0.433 e. The van der Waals surface area contributed by atoms with E-state index in [1.54, 1.807) is 12.1 Å². The molecule has 0 heterocycles. The largest absolute Gasteiger partial charge is 0.433 e. The third-order valence-electron chi connectivity index (χ3n) is 3.03. The smallest absolute Gasteiger partial charge is 0.410 e. The molecule has 0 bridgehead atoms. The summed E-state index contributed by atoms with van der Waals surface area (Å²) in [5.74, 6) is 0.438. The van der Waals surface area contributed by atoms with Crippen molar-refractivity contribution in [1.29, 1.82) is 0 Å². The van der Waals surface area contributed by atoms with Crippen LogP contribution in [-0.2, 0) is 4.84 Å². The molecule has 7 nitrogen and oxygen atoms in total. The summed E-state index contributed by atoms with van der Waals surface area (Å²) >= 11 is 0. The van der Waals surface area contributed by atoms with Crippen molar-refractivity contribution in [3.8, 4) is 16.9 Å². The molecule has 0 atom stereocenters. The van der Waals surface area contributed by atoms with E-state index in [1.807, 2.05) is 36.4 Å². The zero-order valence-corrected chi connectivity index (χ0v) is 13.3. The van der Waals surface area contributed by atoms with Gasteiger partial charge in [-0.25, -0.2) is 9.59 Å². The average Bonchev–Trinajstić information content (AvgIpc) is 2.62. The molecule has 0 aliphatic heterocycles. The van der Waals surface area contributed by atoms with Gasteiger partial charge < -0.3 is 15.4 Å². The lowest BCUT2D eigenvalue weighted by Crippen LogP contribution is -2.22. The monoisotopic (exact) mass is 327 g/mol. The lowest BCUT2D eigenvalue weighted by molar-refractivity contribution is 0.154.